The maximum absolute atomic E-state index is 12.7. The van der Waals surface area contributed by atoms with Gasteiger partial charge in [0.05, 0.1) is 17.4 Å². The van der Waals surface area contributed by atoms with E-state index in [0.717, 1.165) is 36.1 Å². The minimum atomic E-state index is -0.328. The predicted molar refractivity (Wildman–Crippen MR) is 107 cm³/mol. The monoisotopic (exact) mass is 389 g/mol. The average Bonchev–Trinajstić information content (AvgIpc) is 3.00. The molecule has 2 aromatic rings. The lowest BCUT2D eigenvalue weighted by Crippen LogP contribution is -2.23. The maximum Gasteiger partial charge on any atom is 0.341 e. The van der Waals surface area contributed by atoms with Gasteiger partial charge in [-0.15, -0.1) is 23.1 Å². The number of carbonyl (C=O) groups excluding carboxylic acids is 2. The second kappa shape index (κ2) is 8.73. The number of fused-ring (bicyclic) bond motifs is 1. The quantitative estimate of drug-likeness (QED) is 0.563. The van der Waals surface area contributed by atoms with E-state index in [2.05, 4.69) is 5.32 Å². The molecule has 1 aliphatic carbocycles. The van der Waals surface area contributed by atoms with Crippen molar-refractivity contribution in [2.75, 3.05) is 11.9 Å². The molecule has 1 atom stereocenters. The molecule has 1 unspecified atom stereocenters. The Hall–Kier alpha value is -1.79. The van der Waals surface area contributed by atoms with E-state index in [1.54, 1.807) is 6.92 Å². The molecule has 0 radical (unpaired) electrons. The SMILES string of the molecule is CCOC(=O)c1c(NC(=O)C(C)Sc2ccccc2)sc2c1CCCC2. The summed E-state index contributed by atoms with van der Waals surface area (Å²) in [5.41, 5.74) is 1.63. The van der Waals surface area contributed by atoms with E-state index in [4.69, 9.17) is 4.74 Å². The van der Waals surface area contributed by atoms with E-state index >= 15 is 0 Å². The number of hydrogen-bond acceptors (Lipinski definition) is 5. The average molecular weight is 390 g/mol. The molecule has 0 saturated heterocycles. The molecule has 1 N–H and O–H groups in total. The Balaban J connectivity index is 1.79. The van der Waals surface area contributed by atoms with Crippen molar-refractivity contribution in [1.29, 1.82) is 0 Å². The van der Waals surface area contributed by atoms with Crippen molar-refractivity contribution < 1.29 is 14.3 Å². The van der Waals surface area contributed by atoms with Gasteiger partial charge in [0.1, 0.15) is 5.00 Å². The lowest BCUT2D eigenvalue weighted by Gasteiger charge is -2.13. The lowest BCUT2D eigenvalue weighted by atomic mass is 9.95. The van der Waals surface area contributed by atoms with Crippen molar-refractivity contribution in [3.05, 3.63) is 46.3 Å². The first-order valence-corrected chi connectivity index (χ1v) is 10.6. The van der Waals surface area contributed by atoms with E-state index in [1.165, 1.54) is 28.0 Å². The van der Waals surface area contributed by atoms with Crippen molar-refractivity contribution in [2.45, 2.75) is 49.7 Å². The summed E-state index contributed by atoms with van der Waals surface area (Å²) in [7, 11) is 0. The van der Waals surface area contributed by atoms with Crippen LogP contribution in [0.4, 0.5) is 5.00 Å². The van der Waals surface area contributed by atoms with Crippen LogP contribution in [-0.4, -0.2) is 23.7 Å². The number of anilines is 1. The summed E-state index contributed by atoms with van der Waals surface area (Å²) in [4.78, 5) is 27.4. The highest BCUT2D eigenvalue weighted by Crippen LogP contribution is 2.39. The standard InChI is InChI=1S/C20H23NO3S2/c1-3-24-20(23)17-15-11-7-8-12-16(15)26-19(17)21-18(22)13(2)25-14-9-5-4-6-10-14/h4-6,9-10,13H,3,7-8,11-12H2,1-2H3,(H,21,22). The number of aryl methyl sites for hydroxylation is 1. The van der Waals surface area contributed by atoms with Gasteiger partial charge >= 0.3 is 5.97 Å². The number of benzene rings is 1. The van der Waals surface area contributed by atoms with Crippen molar-refractivity contribution >= 4 is 40.0 Å². The fourth-order valence-electron chi connectivity index (χ4n) is 3.04. The summed E-state index contributed by atoms with van der Waals surface area (Å²) < 4.78 is 5.24. The Morgan fingerprint density at radius 3 is 2.69 bits per heavy atom. The van der Waals surface area contributed by atoms with Gasteiger partial charge in [-0.1, -0.05) is 18.2 Å². The first-order chi connectivity index (χ1) is 12.6. The minimum absolute atomic E-state index is 0.0944. The molecule has 1 aliphatic rings. The molecule has 1 heterocycles. The van der Waals surface area contributed by atoms with Crippen LogP contribution in [0.1, 0.15) is 47.5 Å². The van der Waals surface area contributed by atoms with Gasteiger partial charge in [-0.25, -0.2) is 4.79 Å². The molecule has 0 spiro atoms. The van der Waals surface area contributed by atoms with E-state index in [0.29, 0.717) is 17.2 Å². The fraction of sp³-hybridized carbons (Fsp3) is 0.400. The zero-order valence-electron chi connectivity index (χ0n) is 15.0. The van der Waals surface area contributed by atoms with Crippen molar-refractivity contribution in [3.8, 4) is 0 Å². The number of hydrogen-bond donors (Lipinski definition) is 1. The smallest absolute Gasteiger partial charge is 0.341 e. The number of rotatable bonds is 6. The van der Waals surface area contributed by atoms with Gasteiger partial charge in [0.15, 0.2) is 0 Å². The van der Waals surface area contributed by atoms with E-state index < -0.39 is 0 Å². The topological polar surface area (TPSA) is 55.4 Å². The summed E-state index contributed by atoms with van der Waals surface area (Å²) in [6, 6.07) is 9.85. The zero-order chi connectivity index (χ0) is 18.5. The summed E-state index contributed by atoms with van der Waals surface area (Å²) in [6.45, 7) is 4.01. The van der Waals surface area contributed by atoms with Crippen LogP contribution in [0.25, 0.3) is 0 Å². The highest BCUT2D eigenvalue weighted by Gasteiger charge is 2.28. The van der Waals surface area contributed by atoms with Crippen LogP contribution in [0.5, 0.6) is 0 Å². The zero-order valence-corrected chi connectivity index (χ0v) is 16.7. The number of nitrogens with one attached hydrogen (secondary N) is 1. The molecular formula is C20H23NO3S2. The molecule has 1 aromatic heterocycles. The Morgan fingerprint density at radius 1 is 1.23 bits per heavy atom. The Bertz CT molecular complexity index is 786. The Morgan fingerprint density at radius 2 is 1.96 bits per heavy atom. The number of amides is 1. The molecule has 0 bridgehead atoms. The predicted octanol–water partition coefficient (Wildman–Crippen LogP) is 4.92. The maximum atomic E-state index is 12.7. The summed E-state index contributed by atoms with van der Waals surface area (Å²) in [5, 5.41) is 3.37. The summed E-state index contributed by atoms with van der Waals surface area (Å²) in [5.74, 6) is -0.423. The molecule has 26 heavy (non-hydrogen) atoms. The van der Waals surface area contributed by atoms with Crippen LogP contribution in [0.2, 0.25) is 0 Å². The minimum Gasteiger partial charge on any atom is -0.462 e. The number of carbonyl (C=O) groups is 2. The number of ether oxygens (including phenoxy) is 1. The van der Waals surface area contributed by atoms with Gasteiger partial charge in [-0.05, 0) is 57.2 Å². The lowest BCUT2D eigenvalue weighted by molar-refractivity contribution is -0.115. The van der Waals surface area contributed by atoms with Gasteiger partial charge in [-0.3, -0.25) is 4.79 Å². The number of thiophene rings is 1. The molecule has 6 heteroatoms. The van der Waals surface area contributed by atoms with Gasteiger partial charge in [0, 0.05) is 9.77 Å². The third-order valence-electron chi connectivity index (χ3n) is 4.31. The third-order valence-corrected chi connectivity index (χ3v) is 6.63. The highest BCUT2D eigenvalue weighted by atomic mass is 32.2. The van der Waals surface area contributed by atoms with Crippen molar-refractivity contribution in [2.24, 2.45) is 0 Å². The molecule has 4 nitrogen and oxygen atoms in total. The van der Waals surface area contributed by atoms with Gasteiger partial charge < -0.3 is 10.1 Å². The van der Waals surface area contributed by atoms with Crippen molar-refractivity contribution in [1.82, 2.24) is 0 Å². The van der Waals surface area contributed by atoms with Gasteiger partial charge in [-0.2, -0.15) is 0 Å². The number of esters is 1. The molecule has 0 aliphatic heterocycles. The van der Waals surface area contributed by atoms with Crippen LogP contribution in [0.3, 0.4) is 0 Å². The van der Waals surface area contributed by atoms with Gasteiger partial charge in [0.2, 0.25) is 5.91 Å². The third kappa shape index (κ3) is 4.30. The summed E-state index contributed by atoms with van der Waals surface area (Å²) >= 11 is 3.03. The normalized spacial score (nSPS) is 14.4. The van der Waals surface area contributed by atoms with E-state index in [-0.39, 0.29) is 17.1 Å². The largest absolute Gasteiger partial charge is 0.462 e. The molecule has 138 valence electrons. The summed E-state index contributed by atoms with van der Waals surface area (Å²) in [6.07, 6.45) is 4.05. The molecule has 3 rings (SSSR count). The van der Waals surface area contributed by atoms with Crippen LogP contribution in [0.15, 0.2) is 35.2 Å². The molecular weight excluding hydrogens is 366 g/mol. The highest BCUT2D eigenvalue weighted by molar-refractivity contribution is 8.00. The molecule has 1 amide bonds. The van der Waals surface area contributed by atoms with Crippen LogP contribution in [-0.2, 0) is 22.4 Å². The van der Waals surface area contributed by atoms with E-state index in [9.17, 15) is 9.59 Å². The first kappa shape index (κ1) is 19.0. The van der Waals surface area contributed by atoms with Crippen LogP contribution in [0, 0.1) is 0 Å². The molecule has 0 saturated carbocycles. The second-order valence-corrected chi connectivity index (χ2v) is 8.72. The van der Waals surface area contributed by atoms with Gasteiger partial charge in [0.25, 0.3) is 0 Å². The second-order valence-electron chi connectivity index (χ2n) is 6.20. The fourth-order valence-corrected chi connectivity index (χ4v) is 5.21. The molecule has 1 aromatic carbocycles. The Labute approximate surface area is 162 Å². The van der Waals surface area contributed by atoms with Crippen LogP contribution < -0.4 is 5.32 Å². The molecule has 0 fully saturated rings. The first-order valence-electron chi connectivity index (χ1n) is 8.94. The van der Waals surface area contributed by atoms with Crippen LogP contribution >= 0.6 is 23.1 Å². The Kier molecular flexibility index (Phi) is 6.38. The number of thioether (sulfide) groups is 1. The van der Waals surface area contributed by atoms with Crippen molar-refractivity contribution in [3.63, 3.8) is 0 Å². The van der Waals surface area contributed by atoms with E-state index in [1.807, 2.05) is 37.3 Å².